The molecule has 0 unspecified atom stereocenters. The fraction of sp³-hybridized carbons (Fsp3) is 0.643. The maximum atomic E-state index is 12.6. The summed E-state index contributed by atoms with van der Waals surface area (Å²) in [6.07, 6.45) is -3.49. The second kappa shape index (κ2) is 6.50. The van der Waals surface area contributed by atoms with Crippen LogP contribution in [-0.4, -0.2) is 24.2 Å². The van der Waals surface area contributed by atoms with Gasteiger partial charge in [-0.3, -0.25) is 0 Å². The predicted octanol–water partition coefficient (Wildman–Crippen LogP) is 3.83. The van der Waals surface area contributed by atoms with Crippen molar-refractivity contribution in [3.63, 3.8) is 0 Å². The van der Waals surface area contributed by atoms with Crippen molar-refractivity contribution in [3.05, 3.63) is 28.5 Å². The van der Waals surface area contributed by atoms with Crippen LogP contribution in [0.5, 0.6) is 0 Å². The Morgan fingerprint density at radius 2 is 2.10 bits per heavy atom. The molecule has 21 heavy (non-hydrogen) atoms. The van der Waals surface area contributed by atoms with Crippen LogP contribution in [0.25, 0.3) is 0 Å². The Kier molecular flexibility index (Phi) is 5.11. The highest BCUT2D eigenvalue weighted by atomic mass is 35.5. The normalized spacial score (nSPS) is 22.3. The fourth-order valence-electron chi connectivity index (χ4n) is 2.49. The maximum Gasteiger partial charge on any atom is 0.433 e. The summed E-state index contributed by atoms with van der Waals surface area (Å²) in [7, 11) is 0. The Hall–Kier alpha value is -0.850. The SMILES string of the molecule is C[C@H](N[C@@H](C)[C@@H]1CCOC1)c1ccc(C(F)(F)F)nc1Cl. The van der Waals surface area contributed by atoms with Gasteiger partial charge < -0.3 is 10.1 Å². The van der Waals surface area contributed by atoms with E-state index >= 15 is 0 Å². The Morgan fingerprint density at radius 1 is 1.38 bits per heavy atom. The van der Waals surface area contributed by atoms with Gasteiger partial charge in [0, 0.05) is 24.3 Å². The molecule has 2 heterocycles. The van der Waals surface area contributed by atoms with Crippen molar-refractivity contribution >= 4 is 11.6 Å². The molecule has 1 aromatic heterocycles. The van der Waals surface area contributed by atoms with E-state index in [1.165, 1.54) is 6.07 Å². The van der Waals surface area contributed by atoms with Crippen LogP contribution in [0.3, 0.4) is 0 Å². The van der Waals surface area contributed by atoms with Crippen molar-refractivity contribution in [2.24, 2.45) is 5.92 Å². The fourth-order valence-corrected chi connectivity index (χ4v) is 2.81. The predicted molar refractivity (Wildman–Crippen MR) is 74.2 cm³/mol. The molecule has 1 N–H and O–H groups in total. The molecule has 1 aliphatic heterocycles. The third-order valence-electron chi connectivity index (χ3n) is 3.82. The van der Waals surface area contributed by atoms with Crippen molar-refractivity contribution in [2.45, 2.75) is 38.5 Å². The van der Waals surface area contributed by atoms with E-state index in [-0.39, 0.29) is 17.2 Å². The summed E-state index contributed by atoms with van der Waals surface area (Å²) in [5, 5.41) is 3.24. The first-order chi connectivity index (χ1) is 9.79. The lowest BCUT2D eigenvalue weighted by Crippen LogP contribution is -2.35. The minimum atomic E-state index is -4.48. The summed E-state index contributed by atoms with van der Waals surface area (Å²) in [6, 6.07) is 2.36. The molecule has 0 radical (unpaired) electrons. The van der Waals surface area contributed by atoms with Crippen molar-refractivity contribution in [1.82, 2.24) is 10.3 Å². The number of halogens is 4. The number of rotatable bonds is 4. The number of ether oxygens (including phenoxy) is 1. The summed E-state index contributed by atoms with van der Waals surface area (Å²) < 4.78 is 43.0. The summed E-state index contributed by atoms with van der Waals surface area (Å²) in [6.45, 7) is 5.37. The minimum absolute atomic E-state index is 0.111. The molecular formula is C14H18ClF3N2O. The lowest BCUT2D eigenvalue weighted by atomic mass is 9.99. The van der Waals surface area contributed by atoms with Crippen molar-refractivity contribution in [3.8, 4) is 0 Å². The van der Waals surface area contributed by atoms with E-state index in [2.05, 4.69) is 10.3 Å². The molecule has 0 aliphatic carbocycles. The molecule has 1 aliphatic rings. The average molecular weight is 323 g/mol. The average Bonchev–Trinajstić information content (AvgIpc) is 2.91. The lowest BCUT2D eigenvalue weighted by molar-refractivity contribution is -0.141. The zero-order valence-corrected chi connectivity index (χ0v) is 12.6. The van der Waals surface area contributed by atoms with Crippen LogP contribution in [0.2, 0.25) is 5.15 Å². The first kappa shape index (κ1) is 16.5. The first-order valence-corrected chi connectivity index (χ1v) is 7.24. The van der Waals surface area contributed by atoms with Crippen LogP contribution in [0.4, 0.5) is 13.2 Å². The molecule has 2 rings (SSSR count). The second-order valence-corrected chi connectivity index (χ2v) is 5.73. The van der Waals surface area contributed by atoms with Crippen molar-refractivity contribution in [1.29, 1.82) is 0 Å². The van der Waals surface area contributed by atoms with E-state index < -0.39 is 11.9 Å². The van der Waals surface area contributed by atoms with Crippen LogP contribution in [0, 0.1) is 5.92 Å². The molecule has 1 aromatic rings. The maximum absolute atomic E-state index is 12.6. The zero-order valence-electron chi connectivity index (χ0n) is 11.9. The van der Waals surface area contributed by atoms with Gasteiger partial charge in [0.25, 0.3) is 0 Å². The molecule has 118 valence electrons. The van der Waals surface area contributed by atoms with Crippen LogP contribution in [0.15, 0.2) is 12.1 Å². The Morgan fingerprint density at radius 3 is 2.62 bits per heavy atom. The van der Waals surface area contributed by atoms with Gasteiger partial charge >= 0.3 is 6.18 Å². The van der Waals surface area contributed by atoms with Gasteiger partial charge in [0.2, 0.25) is 0 Å². The third kappa shape index (κ3) is 4.08. The third-order valence-corrected chi connectivity index (χ3v) is 4.12. The van der Waals surface area contributed by atoms with Crippen LogP contribution < -0.4 is 5.32 Å². The monoisotopic (exact) mass is 322 g/mol. The lowest BCUT2D eigenvalue weighted by Gasteiger charge is -2.24. The molecule has 7 heteroatoms. The number of alkyl halides is 3. The van der Waals surface area contributed by atoms with Gasteiger partial charge in [0.05, 0.1) is 6.61 Å². The molecule has 0 saturated carbocycles. The zero-order chi connectivity index (χ0) is 15.6. The number of hydrogen-bond acceptors (Lipinski definition) is 3. The van der Waals surface area contributed by atoms with E-state index in [0.29, 0.717) is 18.1 Å². The number of nitrogens with zero attached hydrogens (tertiary/aromatic N) is 1. The van der Waals surface area contributed by atoms with Gasteiger partial charge in [0.15, 0.2) is 0 Å². The molecule has 3 atom stereocenters. The minimum Gasteiger partial charge on any atom is -0.381 e. The number of hydrogen-bond donors (Lipinski definition) is 1. The summed E-state index contributed by atoms with van der Waals surface area (Å²) in [5.74, 6) is 0.411. The van der Waals surface area contributed by atoms with Crippen LogP contribution >= 0.6 is 11.6 Å². The highest BCUT2D eigenvalue weighted by Crippen LogP contribution is 2.31. The van der Waals surface area contributed by atoms with Gasteiger partial charge in [0.1, 0.15) is 10.8 Å². The molecule has 1 saturated heterocycles. The van der Waals surface area contributed by atoms with Gasteiger partial charge in [-0.05, 0) is 32.3 Å². The smallest absolute Gasteiger partial charge is 0.381 e. The largest absolute Gasteiger partial charge is 0.433 e. The summed E-state index contributed by atoms with van der Waals surface area (Å²) >= 11 is 5.90. The second-order valence-electron chi connectivity index (χ2n) is 5.37. The molecule has 3 nitrogen and oxygen atoms in total. The number of pyridine rings is 1. The Labute approximate surface area is 126 Å². The standard InChI is InChI=1S/C14H18ClF3N2O/c1-8(10-5-6-21-7-10)19-9(2)11-3-4-12(14(16,17)18)20-13(11)15/h3-4,8-10,19H,5-7H2,1-2H3/t8-,9-,10+/m0/s1. The van der Waals surface area contributed by atoms with Gasteiger partial charge in [-0.1, -0.05) is 17.7 Å². The van der Waals surface area contributed by atoms with Crippen molar-refractivity contribution < 1.29 is 17.9 Å². The number of nitrogens with one attached hydrogen (secondary N) is 1. The van der Waals surface area contributed by atoms with Crippen LogP contribution in [0.1, 0.15) is 37.6 Å². The highest BCUT2D eigenvalue weighted by molar-refractivity contribution is 6.30. The van der Waals surface area contributed by atoms with E-state index in [0.717, 1.165) is 19.1 Å². The van der Waals surface area contributed by atoms with E-state index in [4.69, 9.17) is 16.3 Å². The molecular weight excluding hydrogens is 305 g/mol. The Bertz CT molecular complexity index is 490. The summed E-state index contributed by atoms with van der Waals surface area (Å²) in [4.78, 5) is 3.45. The first-order valence-electron chi connectivity index (χ1n) is 6.86. The highest BCUT2D eigenvalue weighted by Gasteiger charge is 2.33. The molecule has 0 bridgehead atoms. The summed E-state index contributed by atoms with van der Waals surface area (Å²) in [5.41, 5.74) is -0.406. The van der Waals surface area contributed by atoms with E-state index in [1.807, 2.05) is 13.8 Å². The Balaban J connectivity index is 2.06. The van der Waals surface area contributed by atoms with Gasteiger partial charge in [-0.25, -0.2) is 4.98 Å². The van der Waals surface area contributed by atoms with Gasteiger partial charge in [-0.15, -0.1) is 0 Å². The number of aromatic nitrogens is 1. The van der Waals surface area contributed by atoms with Gasteiger partial charge in [-0.2, -0.15) is 13.2 Å². The topological polar surface area (TPSA) is 34.1 Å². The molecule has 0 amide bonds. The van der Waals surface area contributed by atoms with E-state index in [9.17, 15) is 13.2 Å². The molecule has 0 aromatic carbocycles. The molecule has 0 spiro atoms. The van der Waals surface area contributed by atoms with Crippen molar-refractivity contribution in [2.75, 3.05) is 13.2 Å². The van der Waals surface area contributed by atoms with E-state index in [1.54, 1.807) is 0 Å². The van der Waals surface area contributed by atoms with Crippen LogP contribution in [-0.2, 0) is 10.9 Å². The quantitative estimate of drug-likeness (QED) is 0.855. The molecule has 1 fully saturated rings.